The van der Waals surface area contributed by atoms with E-state index in [-0.39, 0.29) is 11.8 Å². The second-order valence-electron chi connectivity index (χ2n) is 4.55. The Morgan fingerprint density at radius 3 is 2.69 bits per heavy atom. The minimum Gasteiger partial charge on any atom is -0.352 e. The van der Waals surface area contributed by atoms with Gasteiger partial charge in [0.25, 0.3) is 0 Å². The second kappa shape index (κ2) is 3.29. The van der Waals surface area contributed by atoms with Gasteiger partial charge in [-0.15, -0.1) is 0 Å². The molecule has 2 rings (SSSR count). The molecule has 74 valence electrons. The highest BCUT2D eigenvalue weighted by Gasteiger charge is 2.39. The van der Waals surface area contributed by atoms with E-state index in [0.29, 0.717) is 18.1 Å². The third-order valence-corrected chi connectivity index (χ3v) is 3.15. The first kappa shape index (κ1) is 9.00. The van der Waals surface area contributed by atoms with Gasteiger partial charge in [-0.3, -0.25) is 4.79 Å². The summed E-state index contributed by atoms with van der Waals surface area (Å²) in [6.45, 7) is 3.88. The van der Waals surface area contributed by atoms with E-state index < -0.39 is 0 Å². The van der Waals surface area contributed by atoms with Crippen LogP contribution in [0.1, 0.15) is 33.1 Å². The Morgan fingerprint density at radius 1 is 1.46 bits per heavy atom. The van der Waals surface area contributed by atoms with Crippen LogP contribution in [-0.4, -0.2) is 24.0 Å². The number of hydrogen-bond acceptors (Lipinski definition) is 2. The average Bonchev–Trinajstić information content (AvgIpc) is 2.64. The lowest BCUT2D eigenvalue weighted by molar-refractivity contribution is -0.124. The SMILES string of the molecule is CC(C)C(=O)N[C@@H]1CC2CCC1N2. The van der Waals surface area contributed by atoms with Crippen molar-refractivity contribution in [3.63, 3.8) is 0 Å². The van der Waals surface area contributed by atoms with E-state index in [2.05, 4.69) is 10.6 Å². The van der Waals surface area contributed by atoms with Crippen molar-refractivity contribution in [3.8, 4) is 0 Å². The smallest absolute Gasteiger partial charge is 0.222 e. The van der Waals surface area contributed by atoms with Crippen LogP contribution in [0.4, 0.5) is 0 Å². The molecule has 0 aromatic heterocycles. The van der Waals surface area contributed by atoms with E-state index in [9.17, 15) is 4.79 Å². The second-order valence-corrected chi connectivity index (χ2v) is 4.55. The molecular weight excluding hydrogens is 164 g/mol. The van der Waals surface area contributed by atoms with Gasteiger partial charge in [-0.2, -0.15) is 0 Å². The summed E-state index contributed by atoms with van der Waals surface area (Å²) in [6, 6.07) is 1.61. The number of fused-ring (bicyclic) bond motifs is 2. The third-order valence-electron chi connectivity index (χ3n) is 3.15. The van der Waals surface area contributed by atoms with Crippen LogP contribution in [0.15, 0.2) is 0 Å². The summed E-state index contributed by atoms with van der Waals surface area (Å²) >= 11 is 0. The van der Waals surface area contributed by atoms with Gasteiger partial charge in [-0.1, -0.05) is 13.8 Å². The van der Waals surface area contributed by atoms with E-state index in [1.54, 1.807) is 0 Å². The van der Waals surface area contributed by atoms with E-state index in [0.717, 1.165) is 6.42 Å². The van der Waals surface area contributed by atoms with Crippen LogP contribution >= 0.6 is 0 Å². The van der Waals surface area contributed by atoms with E-state index >= 15 is 0 Å². The number of carbonyl (C=O) groups is 1. The number of amides is 1. The highest BCUT2D eigenvalue weighted by molar-refractivity contribution is 5.78. The van der Waals surface area contributed by atoms with Crippen molar-refractivity contribution in [3.05, 3.63) is 0 Å². The monoisotopic (exact) mass is 182 g/mol. The first-order valence-electron chi connectivity index (χ1n) is 5.23. The van der Waals surface area contributed by atoms with Crippen LogP contribution < -0.4 is 10.6 Å². The zero-order valence-electron chi connectivity index (χ0n) is 8.34. The van der Waals surface area contributed by atoms with Gasteiger partial charge in [0.05, 0.1) is 0 Å². The van der Waals surface area contributed by atoms with Crippen molar-refractivity contribution in [2.24, 2.45) is 5.92 Å². The molecule has 2 saturated heterocycles. The van der Waals surface area contributed by atoms with Gasteiger partial charge in [0.2, 0.25) is 5.91 Å². The summed E-state index contributed by atoms with van der Waals surface area (Å²) in [4.78, 5) is 11.4. The quantitative estimate of drug-likeness (QED) is 0.658. The van der Waals surface area contributed by atoms with Crippen LogP contribution in [0.2, 0.25) is 0 Å². The molecule has 2 heterocycles. The first-order valence-corrected chi connectivity index (χ1v) is 5.23. The zero-order valence-corrected chi connectivity index (χ0v) is 8.34. The van der Waals surface area contributed by atoms with Crippen molar-refractivity contribution in [1.29, 1.82) is 0 Å². The van der Waals surface area contributed by atoms with Gasteiger partial charge in [0, 0.05) is 24.0 Å². The van der Waals surface area contributed by atoms with Crippen LogP contribution in [0.5, 0.6) is 0 Å². The lowest BCUT2D eigenvalue weighted by atomic mass is 9.95. The maximum absolute atomic E-state index is 11.4. The molecule has 2 aliphatic rings. The molecule has 0 spiro atoms. The molecule has 2 fully saturated rings. The number of hydrogen-bond donors (Lipinski definition) is 2. The first-order chi connectivity index (χ1) is 6.16. The molecule has 0 aromatic rings. The fourth-order valence-corrected chi connectivity index (χ4v) is 2.33. The van der Waals surface area contributed by atoms with Gasteiger partial charge in [0.1, 0.15) is 0 Å². The molecule has 2 N–H and O–H groups in total. The predicted molar refractivity (Wildman–Crippen MR) is 51.3 cm³/mol. The molecule has 0 aromatic carbocycles. The molecule has 2 aliphatic heterocycles. The molecular formula is C10H18N2O. The van der Waals surface area contributed by atoms with E-state index in [1.165, 1.54) is 12.8 Å². The lowest BCUT2D eigenvalue weighted by Gasteiger charge is -2.22. The maximum atomic E-state index is 11.4. The van der Waals surface area contributed by atoms with E-state index in [1.807, 2.05) is 13.8 Å². The van der Waals surface area contributed by atoms with Crippen molar-refractivity contribution in [2.45, 2.75) is 51.2 Å². The number of carbonyl (C=O) groups excluding carboxylic acids is 1. The Morgan fingerprint density at radius 2 is 2.23 bits per heavy atom. The fourth-order valence-electron chi connectivity index (χ4n) is 2.33. The molecule has 0 radical (unpaired) electrons. The maximum Gasteiger partial charge on any atom is 0.222 e. The standard InChI is InChI=1S/C10H18N2O/c1-6(2)10(13)12-9-5-7-3-4-8(9)11-7/h6-9,11H,3-5H2,1-2H3,(H,12,13)/t7?,8?,9-/m1/s1. The molecule has 3 atom stereocenters. The minimum atomic E-state index is 0.110. The third kappa shape index (κ3) is 1.70. The summed E-state index contributed by atoms with van der Waals surface area (Å²) in [6.07, 6.45) is 3.65. The van der Waals surface area contributed by atoms with Crippen LogP contribution in [-0.2, 0) is 4.79 Å². The van der Waals surface area contributed by atoms with Gasteiger partial charge in [0.15, 0.2) is 0 Å². The summed E-state index contributed by atoms with van der Waals surface area (Å²) in [5.41, 5.74) is 0. The summed E-state index contributed by atoms with van der Waals surface area (Å²) in [5, 5.41) is 6.62. The Kier molecular flexibility index (Phi) is 2.28. The van der Waals surface area contributed by atoms with Gasteiger partial charge in [-0.25, -0.2) is 0 Å². The molecule has 2 unspecified atom stereocenters. The van der Waals surface area contributed by atoms with Crippen molar-refractivity contribution in [2.75, 3.05) is 0 Å². The molecule has 3 heteroatoms. The van der Waals surface area contributed by atoms with Gasteiger partial charge >= 0.3 is 0 Å². The minimum absolute atomic E-state index is 0.110. The molecule has 0 aliphatic carbocycles. The molecule has 0 saturated carbocycles. The number of rotatable bonds is 2. The molecule has 1 amide bonds. The lowest BCUT2D eigenvalue weighted by Crippen LogP contribution is -2.44. The topological polar surface area (TPSA) is 41.1 Å². The normalized spacial score (nSPS) is 37.0. The summed E-state index contributed by atoms with van der Waals surface area (Å²) < 4.78 is 0. The largest absolute Gasteiger partial charge is 0.352 e. The van der Waals surface area contributed by atoms with Crippen molar-refractivity contribution < 1.29 is 4.79 Å². The predicted octanol–water partition coefficient (Wildman–Crippen LogP) is 0.651. The van der Waals surface area contributed by atoms with Crippen LogP contribution in [0.25, 0.3) is 0 Å². The fraction of sp³-hybridized carbons (Fsp3) is 0.900. The molecule has 13 heavy (non-hydrogen) atoms. The van der Waals surface area contributed by atoms with Crippen LogP contribution in [0.3, 0.4) is 0 Å². The van der Waals surface area contributed by atoms with E-state index in [4.69, 9.17) is 0 Å². The zero-order chi connectivity index (χ0) is 9.42. The molecule has 3 nitrogen and oxygen atoms in total. The Labute approximate surface area is 79.3 Å². The summed E-state index contributed by atoms with van der Waals surface area (Å²) in [5.74, 6) is 0.304. The Bertz CT molecular complexity index is 215. The molecule has 2 bridgehead atoms. The van der Waals surface area contributed by atoms with Gasteiger partial charge < -0.3 is 10.6 Å². The number of nitrogens with one attached hydrogen (secondary N) is 2. The Balaban J connectivity index is 1.86. The highest BCUT2D eigenvalue weighted by atomic mass is 16.1. The summed E-state index contributed by atoms with van der Waals surface area (Å²) in [7, 11) is 0. The van der Waals surface area contributed by atoms with Crippen LogP contribution in [0, 0.1) is 5.92 Å². The van der Waals surface area contributed by atoms with Crippen molar-refractivity contribution in [1.82, 2.24) is 10.6 Å². The average molecular weight is 182 g/mol. The highest BCUT2D eigenvalue weighted by Crippen LogP contribution is 2.28. The van der Waals surface area contributed by atoms with Gasteiger partial charge in [-0.05, 0) is 19.3 Å². The van der Waals surface area contributed by atoms with Crippen molar-refractivity contribution >= 4 is 5.91 Å². The Hall–Kier alpha value is -0.570.